The molecule has 58 valence electrons. The second kappa shape index (κ2) is 3.70. The monoisotopic (exact) mass is 216 g/mol. The van der Waals surface area contributed by atoms with Crippen molar-refractivity contribution in [1.29, 1.82) is 0 Å². The molecule has 0 aromatic carbocycles. The van der Waals surface area contributed by atoms with Crippen LogP contribution in [0.5, 0.6) is 0 Å². The molecule has 0 aromatic heterocycles. The number of hydrogen-bond donors (Lipinski definition) is 0. The topological polar surface area (TPSA) is 24.7 Å². The first-order valence-electron chi connectivity index (χ1n) is 2.19. The van der Waals surface area contributed by atoms with Gasteiger partial charge in [0.15, 0.2) is 0 Å². The van der Waals surface area contributed by atoms with Crippen molar-refractivity contribution in [2.24, 2.45) is 9.98 Å². The molecule has 0 saturated heterocycles. The lowest BCUT2D eigenvalue weighted by Gasteiger charge is -2.02. The molecule has 0 aromatic rings. The molecule has 0 N–H and O–H groups in total. The van der Waals surface area contributed by atoms with Gasteiger partial charge in [-0.2, -0.15) is 13.2 Å². The smallest absolute Gasteiger partial charge is 0.266 e. The molecule has 0 fully saturated rings. The maximum absolute atomic E-state index is 11.6. The number of hydrogen-bond acceptors (Lipinski definition) is 1. The highest BCUT2D eigenvalue weighted by Crippen LogP contribution is 2.17. The molecule has 0 bridgehead atoms. The molecule has 0 heterocycles. The van der Waals surface area contributed by atoms with Crippen LogP contribution in [-0.4, -0.2) is 24.2 Å². The molecule has 0 aliphatic heterocycles. The van der Waals surface area contributed by atoms with Gasteiger partial charge in [0.05, 0.1) is 5.12 Å². The van der Waals surface area contributed by atoms with E-state index in [0.717, 1.165) is 12.2 Å². The van der Waals surface area contributed by atoms with E-state index in [0.29, 0.717) is 0 Å². The van der Waals surface area contributed by atoms with E-state index in [9.17, 15) is 13.2 Å². The largest absolute Gasteiger partial charge is 0.451 e. The van der Waals surface area contributed by atoms with Crippen LogP contribution in [0.3, 0.4) is 0 Å². The van der Waals surface area contributed by atoms with Crippen LogP contribution in [0.1, 0.15) is 0 Å². The highest BCUT2D eigenvalue weighted by molar-refractivity contribution is 9.17. The van der Waals surface area contributed by atoms with E-state index in [1.165, 1.54) is 0 Å². The summed E-state index contributed by atoms with van der Waals surface area (Å²) in [6.07, 6.45) is -4.46. The third-order valence-electron chi connectivity index (χ3n) is 0.636. The van der Waals surface area contributed by atoms with Crippen LogP contribution in [0.15, 0.2) is 9.98 Å². The van der Waals surface area contributed by atoms with Crippen molar-refractivity contribution in [3.8, 4) is 0 Å². The van der Waals surface area contributed by atoms with Crippen LogP contribution in [-0.2, 0) is 0 Å². The highest BCUT2D eigenvalue weighted by atomic mass is 79.9. The fourth-order valence-electron chi connectivity index (χ4n) is 0.304. The quantitative estimate of drug-likeness (QED) is 0.438. The van der Waals surface area contributed by atoms with Crippen LogP contribution in [0, 0.1) is 0 Å². The third kappa shape index (κ3) is 2.95. The molecule has 0 radical (unpaired) electrons. The SMILES string of the molecule is C/N=C(\N=C/Br)C(F)(F)F. The zero-order chi connectivity index (χ0) is 8.20. The molecule has 0 atom stereocenters. The minimum absolute atomic E-state index is 0.864. The van der Waals surface area contributed by atoms with E-state index in [2.05, 4.69) is 25.9 Å². The number of nitrogens with zero attached hydrogens (tertiary/aromatic N) is 2. The van der Waals surface area contributed by atoms with Gasteiger partial charge in [0.2, 0.25) is 5.84 Å². The molecule has 0 aliphatic carbocycles. The Morgan fingerprint density at radius 3 is 2.10 bits per heavy atom. The second-order valence-electron chi connectivity index (χ2n) is 1.27. The van der Waals surface area contributed by atoms with Gasteiger partial charge in [0.1, 0.15) is 0 Å². The van der Waals surface area contributed by atoms with Gasteiger partial charge < -0.3 is 0 Å². The lowest BCUT2D eigenvalue weighted by Crippen LogP contribution is -2.20. The molecule has 0 aliphatic rings. The van der Waals surface area contributed by atoms with E-state index in [1.807, 2.05) is 0 Å². The van der Waals surface area contributed by atoms with Crippen molar-refractivity contribution in [2.75, 3.05) is 7.05 Å². The Bertz CT molecular complexity index is 160. The Kier molecular flexibility index (Phi) is 3.55. The summed E-state index contributed by atoms with van der Waals surface area (Å²) < 4.78 is 34.9. The number of alkyl halides is 3. The minimum Gasteiger partial charge on any atom is -0.266 e. The predicted octanol–water partition coefficient (Wildman–Crippen LogP) is 2.00. The molecule has 10 heavy (non-hydrogen) atoms. The van der Waals surface area contributed by atoms with Gasteiger partial charge in [-0.15, -0.1) is 0 Å². The van der Waals surface area contributed by atoms with Gasteiger partial charge in [-0.05, 0) is 15.9 Å². The Balaban J connectivity index is 4.39. The first-order chi connectivity index (χ1) is 4.52. The number of amidine groups is 1. The standard InChI is InChI=1S/C4H4BrF3N2/c1-9-3(10-2-5)4(6,7)8/h2H,1H3/b9-3-,10-2-. The average Bonchev–Trinajstić information content (AvgIpc) is 1.80. The van der Waals surface area contributed by atoms with Gasteiger partial charge in [-0.1, -0.05) is 0 Å². The Morgan fingerprint density at radius 2 is 2.00 bits per heavy atom. The fraction of sp³-hybridized carbons (Fsp3) is 0.500. The Hall–Kier alpha value is -0.390. The van der Waals surface area contributed by atoms with Gasteiger partial charge in [-0.25, -0.2) is 4.99 Å². The van der Waals surface area contributed by atoms with E-state index in [1.54, 1.807) is 0 Å². The maximum Gasteiger partial charge on any atom is 0.451 e. The van der Waals surface area contributed by atoms with E-state index < -0.39 is 12.0 Å². The van der Waals surface area contributed by atoms with Crippen molar-refractivity contribution in [2.45, 2.75) is 6.18 Å². The lowest BCUT2D eigenvalue weighted by atomic mass is 10.6. The molecule has 2 nitrogen and oxygen atoms in total. The van der Waals surface area contributed by atoms with Crippen LogP contribution in [0.2, 0.25) is 0 Å². The maximum atomic E-state index is 11.6. The zero-order valence-electron chi connectivity index (χ0n) is 4.98. The summed E-state index contributed by atoms with van der Waals surface area (Å²) in [5.41, 5.74) is 0. The van der Waals surface area contributed by atoms with Gasteiger partial charge in [0, 0.05) is 7.05 Å². The molecule has 6 heteroatoms. The molecule has 0 amide bonds. The van der Waals surface area contributed by atoms with Crippen molar-refractivity contribution in [3.05, 3.63) is 0 Å². The summed E-state index contributed by atoms with van der Waals surface area (Å²) in [6, 6.07) is 0. The molecule has 0 unspecified atom stereocenters. The first kappa shape index (κ1) is 9.61. The van der Waals surface area contributed by atoms with Gasteiger partial charge in [0.25, 0.3) is 0 Å². The summed E-state index contributed by atoms with van der Waals surface area (Å²) in [4.78, 5) is 5.84. The van der Waals surface area contributed by atoms with E-state index in [4.69, 9.17) is 0 Å². The van der Waals surface area contributed by atoms with E-state index >= 15 is 0 Å². The molecular formula is C4H4BrF3N2. The first-order valence-corrected chi connectivity index (χ1v) is 3.10. The highest BCUT2D eigenvalue weighted by Gasteiger charge is 2.34. The second-order valence-corrected chi connectivity index (χ2v) is 1.68. The van der Waals surface area contributed by atoms with Crippen molar-refractivity contribution < 1.29 is 13.2 Å². The summed E-state index contributed by atoms with van der Waals surface area (Å²) in [5.74, 6) is -1.15. The van der Waals surface area contributed by atoms with Gasteiger partial charge >= 0.3 is 6.18 Å². The van der Waals surface area contributed by atoms with Crippen LogP contribution >= 0.6 is 15.9 Å². The van der Waals surface area contributed by atoms with E-state index in [-0.39, 0.29) is 0 Å². The number of rotatable bonds is 0. The van der Waals surface area contributed by atoms with Crippen LogP contribution < -0.4 is 0 Å². The Labute approximate surface area is 64.0 Å². The average molecular weight is 217 g/mol. The van der Waals surface area contributed by atoms with Crippen molar-refractivity contribution >= 4 is 26.9 Å². The number of aliphatic imine (C=N–C) groups is 2. The summed E-state index contributed by atoms with van der Waals surface area (Å²) >= 11 is 2.61. The zero-order valence-corrected chi connectivity index (χ0v) is 6.57. The normalized spacial score (nSPS) is 14.7. The fourth-order valence-corrected chi connectivity index (χ4v) is 0.498. The number of halogens is 4. The molecular weight excluding hydrogens is 213 g/mol. The molecule has 0 rings (SSSR count). The summed E-state index contributed by atoms with van der Waals surface area (Å²) in [7, 11) is 1.03. The molecule has 0 spiro atoms. The summed E-state index contributed by atoms with van der Waals surface area (Å²) in [5, 5.41) is 0.864. The van der Waals surface area contributed by atoms with Crippen LogP contribution in [0.25, 0.3) is 0 Å². The molecule has 0 saturated carbocycles. The van der Waals surface area contributed by atoms with Crippen LogP contribution in [0.4, 0.5) is 13.2 Å². The van der Waals surface area contributed by atoms with Gasteiger partial charge in [-0.3, -0.25) is 4.99 Å². The van der Waals surface area contributed by atoms with Crippen molar-refractivity contribution in [1.82, 2.24) is 0 Å². The van der Waals surface area contributed by atoms with Crippen molar-refractivity contribution in [3.63, 3.8) is 0 Å². The third-order valence-corrected chi connectivity index (χ3v) is 0.841. The lowest BCUT2D eigenvalue weighted by molar-refractivity contribution is -0.0597. The Morgan fingerprint density at radius 1 is 1.50 bits per heavy atom. The minimum atomic E-state index is -4.46. The summed E-state index contributed by atoms with van der Waals surface area (Å²) in [6.45, 7) is 0. The predicted molar refractivity (Wildman–Crippen MR) is 36.8 cm³/mol.